The Morgan fingerprint density at radius 1 is 1.00 bits per heavy atom. The molecule has 0 saturated heterocycles. The Morgan fingerprint density at radius 2 is 1.77 bits per heavy atom. The highest BCUT2D eigenvalue weighted by molar-refractivity contribution is 7.18. The second kappa shape index (κ2) is 8.13. The predicted octanol–water partition coefficient (Wildman–Crippen LogP) is 5.36. The number of fused-ring (bicyclic) bond motifs is 3. The fourth-order valence-corrected chi connectivity index (χ4v) is 6.02. The highest BCUT2D eigenvalue weighted by Gasteiger charge is 2.24. The van der Waals surface area contributed by atoms with Crippen molar-refractivity contribution in [1.82, 2.24) is 9.13 Å². The third kappa shape index (κ3) is 3.56. The first-order chi connectivity index (χ1) is 15.1. The van der Waals surface area contributed by atoms with Gasteiger partial charge in [0.15, 0.2) is 0 Å². The van der Waals surface area contributed by atoms with E-state index in [1.54, 1.807) is 15.9 Å². The largest absolute Gasteiger partial charge is 0.337 e. The summed E-state index contributed by atoms with van der Waals surface area (Å²) in [5, 5.41) is 1.34. The van der Waals surface area contributed by atoms with Gasteiger partial charge < -0.3 is 0 Å². The third-order valence-electron chi connectivity index (χ3n) is 6.07. The van der Waals surface area contributed by atoms with Crippen LogP contribution in [0.5, 0.6) is 0 Å². The van der Waals surface area contributed by atoms with Crippen LogP contribution in [0.3, 0.4) is 0 Å². The standard InChI is InChI=1S/C25H23ClN2O2S/c1-2-16-10-12-19(13-11-16)28-23(29)22-20-8-3-4-9-21(20)31-24(22)27(25(28)30)15-17-6-5-7-18(26)14-17/h5-7,10-14H,2-4,8-9,15H2,1H3. The number of thiophene rings is 1. The lowest BCUT2D eigenvalue weighted by molar-refractivity contribution is 0.696. The van der Waals surface area contributed by atoms with Crippen LogP contribution >= 0.6 is 22.9 Å². The van der Waals surface area contributed by atoms with E-state index in [4.69, 9.17) is 11.6 Å². The van der Waals surface area contributed by atoms with E-state index in [-0.39, 0.29) is 11.2 Å². The van der Waals surface area contributed by atoms with Gasteiger partial charge in [0.05, 0.1) is 17.6 Å². The molecule has 0 radical (unpaired) electrons. The molecule has 0 N–H and O–H groups in total. The zero-order valence-corrected chi connectivity index (χ0v) is 18.9. The number of aromatic nitrogens is 2. The topological polar surface area (TPSA) is 44.0 Å². The zero-order chi connectivity index (χ0) is 21.5. The summed E-state index contributed by atoms with van der Waals surface area (Å²) >= 11 is 7.80. The summed E-state index contributed by atoms with van der Waals surface area (Å²) in [5.74, 6) is 0. The summed E-state index contributed by atoms with van der Waals surface area (Å²) in [6, 6.07) is 15.3. The summed E-state index contributed by atoms with van der Waals surface area (Å²) < 4.78 is 3.09. The van der Waals surface area contributed by atoms with E-state index in [9.17, 15) is 9.59 Å². The van der Waals surface area contributed by atoms with Crippen molar-refractivity contribution >= 4 is 33.2 Å². The number of hydrogen-bond acceptors (Lipinski definition) is 3. The monoisotopic (exact) mass is 450 g/mol. The van der Waals surface area contributed by atoms with E-state index in [1.807, 2.05) is 48.5 Å². The van der Waals surface area contributed by atoms with Crippen LogP contribution in [0.25, 0.3) is 15.9 Å². The molecule has 0 spiro atoms. The molecule has 5 rings (SSSR count). The van der Waals surface area contributed by atoms with Gasteiger partial charge in [0.25, 0.3) is 5.56 Å². The van der Waals surface area contributed by atoms with Crippen molar-refractivity contribution in [3.63, 3.8) is 0 Å². The molecular formula is C25H23ClN2O2S. The van der Waals surface area contributed by atoms with Gasteiger partial charge in [0.2, 0.25) is 0 Å². The Kier molecular flexibility index (Phi) is 5.32. The quantitative estimate of drug-likeness (QED) is 0.420. The summed E-state index contributed by atoms with van der Waals surface area (Å²) in [6.45, 7) is 2.46. The first-order valence-corrected chi connectivity index (χ1v) is 11.9. The van der Waals surface area contributed by atoms with Crippen LogP contribution in [-0.4, -0.2) is 9.13 Å². The lowest BCUT2D eigenvalue weighted by Gasteiger charge is -2.14. The molecular weight excluding hydrogens is 428 g/mol. The summed E-state index contributed by atoms with van der Waals surface area (Å²) in [6.07, 6.45) is 4.99. The Balaban J connectivity index is 1.80. The lowest BCUT2D eigenvalue weighted by Crippen LogP contribution is -2.39. The molecule has 2 aromatic heterocycles. The van der Waals surface area contributed by atoms with Gasteiger partial charge in [0, 0.05) is 9.90 Å². The molecule has 0 aliphatic heterocycles. The maximum atomic E-state index is 13.7. The Morgan fingerprint density at radius 3 is 2.52 bits per heavy atom. The van der Waals surface area contributed by atoms with Gasteiger partial charge in [-0.3, -0.25) is 9.36 Å². The average Bonchev–Trinajstić information content (AvgIpc) is 3.17. The van der Waals surface area contributed by atoms with Crippen LogP contribution in [0.2, 0.25) is 5.02 Å². The summed E-state index contributed by atoms with van der Waals surface area (Å²) in [5.41, 5.74) is 3.35. The molecule has 6 heteroatoms. The van der Waals surface area contributed by atoms with Crippen LogP contribution in [-0.2, 0) is 25.8 Å². The number of nitrogens with zero attached hydrogens (tertiary/aromatic N) is 2. The van der Waals surface area contributed by atoms with E-state index in [0.717, 1.165) is 48.1 Å². The lowest BCUT2D eigenvalue weighted by atomic mass is 9.97. The van der Waals surface area contributed by atoms with Crippen LogP contribution in [0.4, 0.5) is 0 Å². The highest BCUT2D eigenvalue weighted by Crippen LogP contribution is 2.34. The molecule has 158 valence electrons. The highest BCUT2D eigenvalue weighted by atomic mass is 35.5. The van der Waals surface area contributed by atoms with E-state index in [0.29, 0.717) is 22.6 Å². The smallest absolute Gasteiger partial charge is 0.279 e. The fourth-order valence-electron chi connectivity index (χ4n) is 4.43. The molecule has 1 aliphatic carbocycles. The van der Waals surface area contributed by atoms with Gasteiger partial charge in [-0.15, -0.1) is 11.3 Å². The Hall–Kier alpha value is -2.63. The molecule has 2 heterocycles. The normalized spacial score (nSPS) is 13.5. The number of halogens is 1. The van der Waals surface area contributed by atoms with Crippen molar-refractivity contribution in [2.75, 3.05) is 0 Å². The number of rotatable bonds is 4. The molecule has 0 atom stereocenters. The molecule has 31 heavy (non-hydrogen) atoms. The van der Waals surface area contributed by atoms with Crippen molar-refractivity contribution in [3.05, 3.63) is 96.0 Å². The predicted molar refractivity (Wildman–Crippen MR) is 128 cm³/mol. The van der Waals surface area contributed by atoms with Gasteiger partial charge in [-0.05, 0) is 73.1 Å². The molecule has 0 saturated carbocycles. The van der Waals surface area contributed by atoms with Crippen LogP contribution < -0.4 is 11.2 Å². The van der Waals surface area contributed by atoms with Crippen molar-refractivity contribution in [2.24, 2.45) is 0 Å². The Labute approximate surface area is 189 Å². The molecule has 0 unspecified atom stereocenters. The Bertz CT molecular complexity index is 1400. The van der Waals surface area contributed by atoms with Crippen LogP contribution in [0.1, 0.15) is 41.3 Å². The minimum atomic E-state index is -0.305. The molecule has 0 fully saturated rings. The van der Waals surface area contributed by atoms with Gasteiger partial charge in [-0.1, -0.05) is 42.8 Å². The molecule has 0 bridgehead atoms. The van der Waals surface area contributed by atoms with Crippen molar-refractivity contribution < 1.29 is 0 Å². The first kappa shape index (κ1) is 20.3. The van der Waals surface area contributed by atoms with Crippen molar-refractivity contribution in [2.45, 2.75) is 45.6 Å². The maximum absolute atomic E-state index is 13.7. The van der Waals surface area contributed by atoms with Gasteiger partial charge >= 0.3 is 5.69 Å². The zero-order valence-electron chi connectivity index (χ0n) is 17.4. The van der Waals surface area contributed by atoms with Gasteiger partial charge in [0.1, 0.15) is 4.83 Å². The fraction of sp³-hybridized carbons (Fsp3) is 0.280. The summed E-state index contributed by atoms with van der Waals surface area (Å²) in [4.78, 5) is 29.3. The second-order valence-corrected chi connectivity index (χ2v) is 9.57. The van der Waals surface area contributed by atoms with Gasteiger partial charge in [-0.25, -0.2) is 9.36 Å². The minimum Gasteiger partial charge on any atom is -0.279 e. The van der Waals surface area contributed by atoms with E-state index in [2.05, 4.69) is 6.92 Å². The van der Waals surface area contributed by atoms with Crippen molar-refractivity contribution in [1.29, 1.82) is 0 Å². The van der Waals surface area contributed by atoms with Crippen LogP contribution in [0, 0.1) is 0 Å². The van der Waals surface area contributed by atoms with Crippen LogP contribution in [0.15, 0.2) is 58.1 Å². The number of hydrogen-bond donors (Lipinski definition) is 0. The van der Waals surface area contributed by atoms with E-state index >= 15 is 0 Å². The summed E-state index contributed by atoms with van der Waals surface area (Å²) in [7, 11) is 0. The molecule has 4 nitrogen and oxygen atoms in total. The molecule has 0 amide bonds. The third-order valence-corrected chi connectivity index (χ3v) is 7.62. The second-order valence-electron chi connectivity index (χ2n) is 8.05. The number of aryl methyl sites for hydroxylation is 3. The molecule has 4 aromatic rings. The average molecular weight is 451 g/mol. The van der Waals surface area contributed by atoms with E-state index in [1.165, 1.54) is 15.0 Å². The molecule has 2 aromatic carbocycles. The number of benzene rings is 2. The van der Waals surface area contributed by atoms with E-state index < -0.39 is 0 Å². The van der Waals surface area contributed by atoms with Gasteiger partial charge in [-0.2, -0.15) is 0 Å². The minimum absolute atomic E-state index is 0.203. The first-order valence-electron chi connectivity index (χ1n) is 10.7. The maximum Gasteiger partial charge on any atom is 0.337 e. The molecule has 1 aliphatic rings. The SMILES string of the molecule is CCc1ccc(-n2c(=O)c3c4c(sc3n(Cc3cccc(Cl)c3)c2=O)CCCC4)cc1. The van der Waals surface area contributed by atoms with Crippen molar-refractivity contribution in [3.8, 4) is 5.69 Å².